The summed E-state index contributed by atoms with van der Waals surface area (Å²) in [5.41, 5.74) is 4.99. The molecule has 0 bridgehead atoms. The number of methoxy groups -OCH3 is 2. The number of benzene rings is 3. The normalized spacial score (nSPS) is 15.0. The number of ether oxygens (including phenoxy) is 2. The van der Waals surface area contributed by atoms with Gasteiger partial charge in [-0.15, -0.1) is 10.2 Å². The highest BCUT2D eigenvalue weighted by atomic mass is 32.1. The molecule has 1 aliphatic rings. The van der Waals surface area contributed by atoms with Crippen LogP contribution in [0.2, 0.25) is 0 Å². The average Bonchev–Trinajstić information content (AvgIpc) is 3.45. The van der Waals surface area contributed by atoms with Crippen LogP contribution in [0.4, 0.5) is 5.69 Å². The second kappa shape index (κ2) is 11.0. The molecule has 2 heterocycles. The predicted molar refractivity (Wildman–Crippen MR) is 143 cm³/mol. The Morgan fingerprint density at radius 3 is 2.00 bits per heavy atom. The summed E-state index contributed by atoms with van der Waals surface area (Å²) in [6.45, 7) is 2.03. The van der Waals surface area contributed by atoms with Crippen molar-refractivity contribution in [3.8, 4) is 21.1 Å². The van der Waals surface area contributed by atoms with Crippen LogP contribution in [0.15, 0.2) is 78.9 Å². The quantitative estimate of drug-likeness (QED) is 0.280. The summed E-state index contributed by atoms with van der Waals surface area (Å²) in [4.78, 5) is 14.1. The maximum atomic E-state index is 11.7. The topological polar surface area (TPSA) is 64.5 Å². The summed E-state index contributed by atoms with van der Waals surface area (Å²) in [6, 6.07) is 26.4. The third kappa shape index (κ3) is 5.17. The summed E-state index contributed by atoms with van der Waals surface area (Å²) >= 11 is 1.54. The molecule has 6 nitrogen and oxygen atoms in total. The van der Waals surface area contributed by atoms with E-state index in [0.29, 0.717) is 11.5 Å². The molecule has 1 unspecified atom stereocenters. The third-order valence-electron chi connectivity index (χ3n) is 6.81. The largest absolute Gasteiger partial charge is 0.465 e. The molecule has 184 valence electrons. The molecule has 0 spiro atoms. The van der Waals surface area contributed by atoms with Gasteiger partial charge in [0.2, 0.25) is 0 Å². The highest BCUT2D eigenvalue weighted by Gasteiger charge is 2.27. The zero-order valence-corrected chi connectivity index (χ0v) is 21.3. The van der Waals surface area contributed by atoms with Crippen molar-refractivity contribution >= 4 is 23.0 Å². The molecule has 1 aliphatic heterocycles. The average molecular weight is 500 g/mol. The highest BCUT2D eigenvalue weighted by molar-refractivity contribution is 7.17. The standard InChI is InChI=1S/C29H29N3O3S/c1-34-26(20-6-4-3-5-7-20)21-16-18-32(19-17-21)25-14-12-23(13-15-25)28-31-30-27(36-28)22-8-10-24(11-9-22)29(33)35-2/h3-15,21,26H,16-19H2,1-2H3. The SMILES string of the molecule is COC(=O)c1ccc(-c2nnc(-c3ccc(N4CCC(C(OC)c5ccccc5)CC4)cc3)s2)cc1. The fourth-order valence-electron chi connectivity index (χ4n) is 4.84. The van der Waals surface area contributed by atoms with Crippen LogP contribution in [0, 0.1) is 5.92 Å². The van der Waals surface area contributed by atoms with Crippen LogP contribution in [0.5, 0.6) is 0 Å². The highest BCUT2D eigenvalue weighted by Crippen LogP contribution is 2.36. The lowest BCUT2D eigenvalue weighted by Gasteiger charge is -2.37. The van der Waals surface area contributed by atoms with E-state index in [1.165, 1.54) is 29.7 Å². The predicted octanol–water partition coefficient (Wildman–Crippen LogP) is 6.26. The third-order valence-corrected chi connectivity index (χ3v) is 7.83. The molecular formula is C29H29N3O3S. The molecule has 1 aromatic heterocycles. The van der Waals surface area contributed by atoms with Crippen LogP contribution in [0.1, 0.15) is 34.9 Å². The lowest BCUT2D eigenvalue weighted by atomic mass is 9.87. The Balaban J connectivity index is 1.22. The molecule has 1 saturated heterocycles. The number of esters is 1. The lowest BCUT2D eigenvalue weighted by molar-refractivity contribution is 0.0409. The number of anilines is 1. The van der Waals surface area contributed by atoms with Gasteiger partial charge in [-0.3, -0.25) is 0 Å². The molecule has 3 aromatic carbocycles. The second-order valence-electron chi connectivity index (χ2n) is 8.92. The van der Waals surface area contributed by atoms with Gasteiger partial charge in [0.05, 0.1) is 18.8 Å². The molecular weight excluding hydrogens is 470 g/mol. The van der Waals surface area contributed by atoms with Gasteiger partial charge < -0.3 is 14.4 Å². The fraction of sp³-hybridized carbons (Fsp3) is 0.276. The lowest BCUT2D eigenvalue weighted by Crippen LogP contribution is -2.36. The Kier molecular flexibility index (Phi) is 7.39. The summed E-state index contributed by atoms with van der Waals surface area (Å²) < 4.78 is 10.6. The smallest absolute Gasteiger partial charge is 0.337 e. The van der Waals surface area contributed by atoms with Gasteiger partial charge >= 0.3 is 5.97 Å². The Bertz CT molecular complexity index is 1280. The van der Waals surface area contributed by atoms with Gasteiger partial charge in [0.1, 0.15) is 10.0 Å². The number of nitrogens with zero attached hydrogens (tertiary/aromatic N) is 3. The summed E-state index contributed by atoms with van der Waals surface area (Å²) in [5.74, 6) is 0.174. The van der Waals surface area contributed by atoms with Crippen LogP contribution in [-0.2, 0) is 9.47 Å². The van der Waals surface area contributed by atoms with E-state index < -0.39 is 0 Å². The molecule has 1 fully saturated rings. The number of hydrogen-bond acceptors (Lipinski definition) is 7. The molecule has 7 heteroatoms. The first-order valence-corrected chi connectivity index (χ1v) is 12.9. The van der Waals surface area contributed by atoms with Gasteiger partial charge in [0.25, 0.3) is 0 Å². The minimum atomic E-state index is -0.349. The first kappa shape index (κ1) is 24.2. The van der Waals surface area contributed by atoms with E-state index in [2.05, 4.69) is 69.7 Å². The van der Waals surface area contributed by atoms with Crippen molar-refractivity contribution in [2.24, 2.45) is 5.92 Å². The first-order chi connectivity index (χ1) is 17.7. The maximum Gasteiger partial charge on any atom is 0.337 e. The Morgan fingerprint density at radius 2 is 1.44 bits per heavy atom. The van der Waals surface area contributed by atoms with Gasteiger partial charge in [-0.2, -0.15) is 0 Å². The van der Waals surface area contributed by atoms with Crippen molar-refractivity contribution in [3.63, 3.8) is 0 Å². The Hall–Kier alpha value is -3.55. The summed E-state index contributed by atoms with van der Waals surface area (Å²) in [5, 5.41) is 10.4. The molecule has 0 radical (unpaired) electrons. The number of hydrogen-bond donors (Lipinski definition) is 0. The molecule has 0 saturated carbocycles. The van der Waals surface area contributed by atoms with Crippen molar-refractivity contribution in [1.82, 2.24) is 10.2 Å². The summed E-state index contributed by atoms with van der Waals surface area (Å²) in [6.07, 6.45) is 2.35. The van der Waals surface area contributed by atoms with E-state index in [9.17, 15) is 4.79 Å². The Labute approximate surface area is 215 Å². The molecule has 0 N–H and O–H groups in total. The van der Waals surface area contributed by atoms with E-state index in [1.54, 1.807) is 12.1 Å². The van der Waals surface area contributed by atoms with Gasteiger partial charge in [-0.25, -0.2) is 4.79 Å². The van der Waals surface area contributed by atoms with Crippen molar-refractivity contribution in [3.05, 3.63) is 90.0 Å². The van der Waals surface area contributed by atoms with Gasteiger partial charge in [-0.05, 0) is 60.7 Å². The van der Waals surface area contributed by atoms with Gasteiger partial charge in [0, 0.05) is 37.0 Å². The van der Waals surface area contributed by atoms with Gasteiger partial charge in [-0.1, -0.05) is 53.8 Å². The number of carbonyl (C=O) groups excluding carboxylic acids is 1. The maximum absolute atomic E-state index is 11.7. The van der Waals surface area contributed by atoms with Crippen molar-refractivity contribution < 1.29 is 14.3 Å². The number of carbonyl (C=O) groups is 1. The second-order valence-corrected chi connectivity index (χ2v) is 9.90. The molecule has 1 atom stereocenters. The van der Waals surface area contributed by atoms with E-state index in [-0.39, 0.29) is 12.1 Å². The van der Waals surface area contributed by atoms with Crippen LogP contribution in [-0.4, -0.2) is 43.5 Å². The van der Waals surface area contributed by atoms with E-state index >= 15 is 0 Å². The molecule has 4 aromatic rings. The Morgan fingerprint density at radius 1 is 0.861 bits per heavy atom. The number of piperidine rings is 1. The number of aromatic nitrogens is 2. The van der Waals surface area contributed by atoms with E-state index in [4.69, 9.17) is 9.47 Å². The number of rotatable bonds is 7. The van der Waals surface area contributed by atoms with Gasteiger partial charge in [0.15, 0.2) is 0 Å². The zero-order valence-electron chi connectivity index (χ0n) is 20.5. The first-order valence-electron chi connectivity index (χ1n) is 12.1. The van der Waals surface area contributed by atoms with E-state index in [1.807, 2.05) is 19.2 Å². The summed E-state index contributed by atoms with van der Waals surface area (Å²) in [7, 11) is 3.20. The minimum absolute atomic E-state index is 0.152. The van der Waals surface area contributed by atoms with Crippen molar-refractivity contribution in [2.75, 3.05) is 32.2 Å². The van der Waals surface area contributed by atoms with Crippen molar-refractivity contribution in [1.29, 1.82) is 0 Å². The molecule has 0 aliphatic carbocycles. The van der Waals surface area contributed by atoms with Crippen LogP contribution in [0.3, 0.4) is 0 Å². The molecule has 36 heavy (non-hydrogen) atoms. The monoisotopic (exact) mass is 499 g/mol. The molecule has 5 rings (SSSR count). The van der Waals surface area contributed by atoms with Crippen LogP contribution < -0.4 is 4.90 Å². The molecule has 0 amide bonds. The zero-order chi connectivity index (χ0) is 24.9. The van der Waals surface area contributed by atoms with Crippen LogP contribution in [0.25, 0.3) is 21.1 Å². The fourth-order valence-corrected chi connectivity index (χ4v) is 5.70. The minimum Gasteiger partial charge on any atom is -0.465 e. The van der Waals surface area contributed by atoms with Crippen molar-refractivity contribution in [2.45, 2.75) is 18.9 Å². The van der Waals surface area contributed by atoms with Crippen LogP contribution >= 0.6 is 11.3 Å². The van der Waals surface area contributed by atoms with E-state index in [0.717, 1.165) is 47.1 Å².